The van der Waals surface area contributed by atoms with E-state index in [-0.39, 0.29) is 18.4 Å². The zero-order chi connectivity index (χ0) is 15.0. The van der Waals surface area contributed by atoms with E-state index in [2.05, 4.69) is 9.55 Å². The number of imidazole rings is 1. The second-order valence-electron chi connectivity index (χ2n) is 6.10. The second kappa shape index (κ2) is 5.50. The number of amides is 2. The van der Waals surface area contributed by atoms with Crippen LogP contribution in [0.15, 0.2) is 6.20 Å². The molecule has 2 saturated heterocycles. The maximum absolute atomic E-state index is 12.3. The maximum Gasteiger partial charge on any atom is 0.242 e. The largest absolute Gasteiger partial charge is 0.340 e. The topological polar surface area (TPSA) is 58.4 Å². The first-order valence-electron chi connectivity index (χ1n) is 7.60. The van der Waals surface area contributed by atoms with E-state index in [9.17, 15) is 9.59 Å². The predicted octanol–water partition coefficient (Wildman–Crippen LogP) is 0.667. The summed E-state index contributed by atoms with van der Waals surface area (Å²) < 4.78 is 2.05. The van der Waals surface area contributed by atoms with E-state index in [1.54, 1.807) is 4.90 Å². The Labute approximate surface area is 124 Å². The van der Waals surface area contributed by atoms with Crippen LogP contribution >= 0.6 is 0 Å². The summed E-state index contributed by atoms with van der Waals surface area (Å²) in [5.74, 6) is 1.54. The van der Waals surface area contributed by atoms with Crippen LogP contribution in [0.5, 0.6) is 0 Å². The quantitative estimate of drug-likeness (QED) is 0.822. The summed E-state index contributed by atoms with van der Waals surface area (Å²) in [4.78, 5) is 32.0. The minimum atomic E-state index is 0.0682. The summed E-state index contributed by atoms with van der Waals surface area (Å²) >= 11 is 0. The van der Waals surface area contributed by atoms with Crippen LogP contribution in [0.4, 0.5) is 0 Å². The van der Waals surface area contributed by atoms with Gasteiger partial charge in [-0.25, -0.2) is 4.98 Å². The molecular weight excluding hydrogens is 268 g/mol. The number of likely N-dealkylation sites (tertiary alicyclic amines) is 2. The number of hydrogen-bond acceptors (Lipinski definition) is 3. The summed E-state index contributed by atoms with van der Waals surface area (Å²) in [5, 5.41) is 0. The van der Waals surface area contributed by atoms with Crippen LogP contribution in [-0.2, 0) is 16.6 Å². The molecule has 3 heterocycles. The number of carbonyl (C=O) groups excluding carboxylic acids is 2. The van der Waals surface area contributed by atoms with Gasteiger partial charge in [0.05, 0.1) is 12.2 Å². The van der Waals surface area contributed by atoms with Gasteiger partial charge in [0.2, 0.25) is 11.8 Å². The fraction of sp³-hybridized carbons (Fsp3) is 0.667. The first-order chi connectivity index (χ1) is 10.0. The van der Waals surface area contributed by atoms with Gasteiger partial charge in [-0.1, -0.05) is 0 Å². The Kier molecular flexibility index (Phi) is 3.69. The number of rotatable bonds is 3. The molecule has 0 saturated carbocycles. The Hall–Kier alpha value is -1.85. The molecule has 1 atom stereocenters. The van der Waals surface area contributed by atoms with Crippen LogP contribution in [-0.4, -0.2) is 57.3 Å². The van der Waals surface area contributed by atoms with Gasteiger partial charge >= 0.3 is 0 Å². The molecule has 6 heteroatoms. The molecule has 0 N–H and O–H groups in total. The second-order valence-corrected chi connectivity index (χ2v) is 6.10. The Morgan fingerprint density at radius 2 is 2.24 bits per heavy atom. The highest BCUT2D eigenvalue weighted by atomic mass is 16.2. The Morgan fingerprint density at radius 3 is 2.86 bits per heavy atom. The third-order valence-electron chi connectivity index (χ3n) is 4.44. The highest BCUT2D eigenvalue weighted by molar-refractivity contribution is 5.86. The molecule has 2 amide bonds. The Morgan fingerprint density at radius 1 is 1.43 bits per heavy atom. The SMILES string of the molecule is Cc1cn(C)c(C2CCN(C(=O)CN3CCCC3=O)C2)n1. The average molecular weight is 290 g/mol. The van der Waals surface area contributed by atoms with Gasteiger partial charge in [-0.15, -0.1) is 0 Å². The van der Waals surface area contributed by atoms with Crippen molar-refractivity contribution in [2.24, 2.45) is 7.05 Å². The number of aromatic nitrogens is 2. The lowest BCUT2D eigenvalue weighted by molar-refractivity contribution is -0.137. The highest BCUT2D eigenvalue weighted by Gasteiger charge is 2.32. The molecule has 1 unspecified atom stereocenters. The zero-order valence-electron chi connectivity index (χ0n) is 12.7. The van der Waals surface area contributed by atoms with Gasteiger partial charge < -0.3 is 14.4 Å². The normalized spacial score (nSPS) is 22.4. The first-order valence-corrected chi connectivity index (χ1v) is 7.60. The summed E-state index contributed by atoms with van der Waals surface area (Å²) in [6.45, 7) is 4.43. The van der Waals surface area contributed by atoms with Gasteiger partial charge in [0.1, 0.15) is 5.82 Å². The van der Waals surface area contributed by atoms with E-state index in [4.69, 9.17) is 0 Å². The molecule has 6 nitrogen and oxygen atoms in total. The predicted molar refractivity (Wildman–Crippen MR) is 77.7 cm³/mol. The van der Waals surface area contributed by atoms with E-state index < -0.39 is 0 Å². The van der Waals surface area contributed by atoms with E-state index in [1.165, 1.54) is 0 Å². The van der Waals surface area contributed by atoms with Crippen molar-refractivity contribution >= 4 is 11.8 Å². The molecule has 1 aromatic rings. The molecule has 2 aliphatic heterocycles. The van der Waals surface area contributed by atoms with Crippen molar-refractivity contribution in [2.45, 2.75) is 32.1 Å². The standard InChI is InChI=1S/C15H22N4O2/c1-11-8-17(2)15(16-11)12-5-7-19(9-12)14(21)10-18-6-3-4-13(18)20/h8,12H,3-7,9-10H2,1-2H3. The number of hydrogen-bond donors (Lipinski definition) is 0. The number of nitrogens with zero attached hydrogens (tertiary/aromatic N) is 4. The maximum atomic E-state index is 12.3. The first kappa shape index (κ1) is 14.1. The fourth-order valence-electron chi connectivity index (χ4n) is 3.35. The minimum absolute atomic E-state index is 0.0682. The van der Waals surface area contributed by atoms with Crippen molar-refractivity contribution in [3.8, 4) is 0 Å². The monoisotopic (exact) mass is 290 g/mol. The van der Waals surface area contributed by atoms with Crippen LogP contribution in [0.1, 0.15) is 36.7 Å². The molecule has 3 rings (SSSR count). The van der Waals surface area contributed by atoms with Gasteiger partial charge in [-0.05, 0) is 19.8 Å². The van der Waals surface area contributed by atoms with E-state index >= 15 is 0 Å². The molecule has 0 aliphatic carbocycles. The highest BCUT2D eigenvalue weighted by Crippen LogP contribution is 2.26. The third-order valence-corrected chi connectivity index (χ3v) is 4.44. The molecule has 0 aromatic carbocycles. The molecule has 0 spiro atoms. The van der Waals surface area contributed by atoms with Crippen LogP contribution in [0.2, 0.25) is 0 Å². The van der Waals surface area contributed by atoms with Crippen molar-refractivity contribution < 1.29 is 9.59 Å². The van der Waals surface area contributed by atoms with Gasteiger partial charge in [0.15, 0.2) is 0 Å². The van der Waals surface area contributed by atoms with E-state index in [1.807, 2.05) is 25.1 Å². The van der Waals surface area contributed by atoms with Gasteiger partial charge in [0.25, 0.3) is 0 Å². The molecule has 0 radical (unpaired) electrons. The lowest BCUT2D eigenvalue weighted by Crippen LogP contribution is -2.39. The third kappa shape index (κ3) is 2.80. The van der Waals surface area contributed by atoms with Crippen LogP contribution < -0.4 is 0 Å². The zero-order valence-corrected chi connectivity index (χ0v) is 12.7. The minimum Gasteiger partial charge on any atom is -0.340 e. The lowest BCUT2D eigenvalue weighted by Gasteiger charge is -2.21. The van der Waals surface area contributed by atoms with Crippen molar-refractivity contribution in [1.82, 2.24) is 19.4 Å². The molecule has 0 bridgehead atoms. The summed E-state index contributed by atoms with van der Waals surface area (Å²) in [7, 11) is 2.00. The van der Waals surface area contributed by atoms with Crippen molar-refractivity contribution in [1.29, 1.82) is 0 Å². The van der Waals surface area contributed by atoms with Crippen molar-refractivity contribution in [3.63, 3.8) is 0 Å². The van der Waals surface area contributed by atoms with E-state index in [0.717, 1.165) is 37.4 Å². The molecule has 21 heavy (non-hydrogen) atoms. The average Bonchev–Trinajstić information content (AvgIpc) is 3.12. The number of carbonyl (C=O) groups is 2. The van der Waals surface area contributed by atoms with Crippen LogP contribution in [0, 0.1) is 6.92 Å². The van der Waals surface area contributed by atoms with Gasteiger partial charge in [-0.2, -0.15) is 0 Å². The molecule has 2 aliphatic rings. The summed E-state index contributed by atoms with van der Waals surface area (Å²) in [5.41, 5.74) is 1.01. The van der Waals surface area contributed by atoms with Gasteiger partial charge in [0, 0.05) is 45.2 Å². The fourth-order valence-corrected chi connectivity index (χ4v) is 3.35. The summed E-state index contributed by atoms with van der Waals surface area (Å²) in [6.07, 6.45) is 4.43. The van der Waals surface area contributed by atoms with Gasteiger partial charge in [-0.3, -0.25) is 9.59 Å². The molecular formula is C15H22N4O2. The lowest BCUT2D eigenvalue weighted by atomic mass is 10.1. The van der Waals surface area contributed by atoms with Crippen LogP contribution in [0.3, 0.4) is 0 Å². The summed E-state index contributed by atoms with van der Waals surface area (Å²) in [6, 6.07) is 0. The molecule has 2 fully saturated rings. The number of aryl methyl sites for hydroxylation is 2. The molecule has 1 aromatic heterocycles. The van der Waals surface area contributed by atoms with E-state index in [0.29, 0.717) is 18.9 Å². The smallest absolute Gasteiger partial charge is 0.242 e. The Balaban J connectivity index is 1.60. The van der Waals surface area contributed by atoms with Crippen molar-refractivity contribution in [3.05, 3.63) is 17.7 Å². The van der Waals surface area contributed by atoms with Crippen LogP contribution in [0.25, 0.3) is 0 Å². The Bertz CT molecular complexity index is 566. The van der Waals surface area contributed by atoms with Crippen molar-refractivity contribution in [2.75, 3.05) is 26.2 Å². The molecule has 114 valence electrons.